The summed E-state index contributed by atoms with van der Waals surface area (Å²) in [6.07, 6.45) is 0. The number of carbonyl (C=O) groups is 6. The molecule has 3 saturated heterocycles. The summed E-state index contributed by atoms with van der Waals surface area (Å²) in [7, 11) is 0. The van der Waals surface area contributed by atoms with Crippen LogP contribution in [0.2, 0.25) is 0 Å². The van der Waals surface area contributed by atoms with Gasteiger partial charge >= 0.3 is 0 Å². The van der Waals surface area contributed by atoms with Gasteiger partial charge in [-0.3, -0.25) is 43.5 Å². The predicted octanol–water partition coefficient (Wildman–Crippen LogP) is 13.4. The first kappa shape index (κ1) is 75.8. The van der Waals surface area contributed by atoms with Gasteiger partial charge in [-0.1, -0.05) is 230 Å². The van der Waals surface area contributed by atoms with Gasteiger partial charge in [-0.15, -0.1) is 24.4 Å². The second-order valence-corrected chi connectivity index (χ2v) is 30.0. The molecule has 0 bridgehead atoms. The summed E-state index contributed by atoms with van der Waals surface area (Å²) in [5, 5.41) is 9.26. The second-order valence-electron chi connectivity index (χ2n) is 24.5. The average Bonchev–Trinajstić information content (AvgIpc) is 1.14. The van der Waals surface area contributed by atoms with Crippen molar-refractivity contribution in [2.45, 2.75) is 44.3 Å². The summed E-state index contributed by atoms with van der Waals surface area (Å²) >= 11 is 20.3. The minimum atomic E-state index is -0.537. The van der Waals surface area contributed by atoms with Crippen LogP contribution in [0.3, 0.4) is 0 Å². The molecule has 9 aromatic carbocycles. The van der Waals surface area contributed by atoms with Gasteiger partial charge in [0, 0.05) is 76.2 Å². The molecule has 0 aromatic heterocycles. The van der Waals surface area contributed by atoms with Crippen LogP contribution in [0.1, 0.15) is 95.5 Å². The molecule has 0 radical (unpaired) electrons. The van der Waals surface area contributed by atoms with E-state index in [2.05, 4.69) is 16.0 Å². The molecule has 9 aromatic rings. The lowest BCUT2D eigenvalue weighted by molar-refractivity contribution is 0.0783. The zero-order valence-electron chi connectivity index (χ0n) is 57.8. The Labute approximate surface area is 644 Å². The number of ether oxygens (including phenoxy) is 6. The summed E-state index contributed by atoms with van der Waals surface area (Å²) in [5.41, 5.74) is 5.71. The van der Waals surface area contributed by atoms with E-state index in [1.165, 1.54) is 45.1 Å². The first-order chi connectivity index (χ1) is 51.8. The monoisotopic (exact) mass is 1530 g/mol. The smallest absolute Gasteiger partial charge is 0.263 e. The maximum Gasteiger partial charge on any atom is 0.263 e. The standard InChI is InChI=1S/C81H77N7O12S6/c89-73(61-31-34-64(76(92)86-43-46-104-79(86)101)70(98-52-58-25-13-4-14-26-58)67(61)95-49-55-19-7-1-8-20-55)82-37-40-85(41-38-83-74(90)62-32-35-65(77(93)87-44-47-105-80(87)102)71(99-53-59-27-15-5-16-28-59)68(62)96-50-56-21-9-2-10-22-56)42-39-84-75(91)63-33-36-66(78(94)88-45-48-106-81(88)103)72(100-54-60-29-17-6-18-30-60)69(63)97-51-57-23-11-3-12-24-57/h1-36,79,101H,37-54H2,(H,82,89)(H,83,90)(H,84,91). The van der Waals surface area contributed by atoms with E-state index in [4.69, 9.17) is 65.5 Å². The van der Waals surface area contributed by atoms with Crippen LogP contribution >= 0.6 is 72.4 Å². The molecule has 3 N–H and O–H groups in total. The highest BCUT2D eigenvalue weighted by Crippen LogP contribution is 2.42. The number of hydrogen-bond acceptors (Lipinski definition) is 19. The quantitative estimate of drug-likeness (QED) is 0.0223. The maximum atomic E-state index is 15.0. The first-order valence-corrected chi connectivity index (χ1v) is 38.9. The summed E-state index contributed by atoms with van der Waals surface area (Å²) in [6.45, 7) is 2.11. The SMILES string of the molecule is O=C(NCCN(CCNC(=O)c1ccc(C(=O)N2CCSC2=S)c(OCc2ccccc2)c1OCc1ccccc1)CCNC(=O)c1ccc(C(=O)N2CCSC2S)c(OCc2ccccc2)c1OCc1ccccc1)c1ccc(C(=O)N2CCSC2=S)c(OCc2ccccc2)c1OCc1ccccc1. The van der Waals surface area contributed by atoms with E-state index < -0.39 is 34.2 Å². The van der Waals surface area contributed by atoms with Gasteiger partial charge in [0.25, 0.3) is 35.4 Å². The van der Waals surface area contributed by atoms with Crippen molar-refractivity contribution in [3.8, 4) is 34.5 Å². The predicted molar refractivity (Wildman–Crippen MR) is 426 cm³/mol. The molecule has 1 unspecified atom stereocenters. The molecule has 544 valence electrons. The molecule has 12 rings (SSSR count). The number of thioether (sulfide) groups is 3. The van der Waals surface area contributed by atoms with Crippen LogP contribution < -0.4 is 44.4 Å². The molecule has 3 aliphatic heterocycles. The summed E-state index contributed by atoms with van der Waals surface area (Å²) in [6, 6.07) is 66.1. The molecule has 3 aliphatic rings. The highest BCUT2D eigenvalue weighted by molar-refractivity contribution is 8.23. The van der Waals surface area contributed by atoms with Crippen molar-refractivity contribution in [3.63, 3.8) is 0 Å². The third-order valence-electron chi connectivity index (χ3n) is 17.4. The van der Waals surface area contributed by atoms with Crippen LogP contribution in [0.5, 0.6) is 34.5 Å². The minimum absolute atomic E-state index is 0.0281. The lowest BCUT2D eigenvalue weighted by atomic mass is 10.1. The molecule has 3 heterocycles. The third-order valence-corrected chi connectivity index (χ3v) is 21.9. The van der Waals surface area contributed by atoms with Crippen LogP contribution in [0.25, 0.3) is 0 Å². The molecule has 19 nitrogen and oxygen atoms in total. The van der Waals surface area contributed by atoms with E-state index in [0.29, 0.717) is 45.5 Å². The normalized spacial score (nSPS) is 14.0. The molecule has 3 fully saturated rings. The van der Waals surface area contributed by atoms with Gasteiger partial charge in [0.05, 0.1) is 33.4 Å². The van der Waals surface area contributed by atoms with Gasteiger partial charge in [0.1, 0.15) is 53.0 Å². The lowest BCUT2D eigenvalue weighted by Crippen LogP contribution is -2.43. The van der Waals surface area contributed by atoms with E-state index in [-0.39, 0.29) is 153 Å². The zero-order chi connectivity index (χ0) is 73.6. The fourth-order valence-corrected chi connectivity index (χ4v) is 15.7. The number of rotatable bonds is 33. The Morgan fingerprint density at radius 1 is 0.358 bits per heavy atom. The van der Waals surface area contributed by atoms with Gasteiger partial charge in [-0.25, -0.2) is 0 Å². The number of thiol groups is 1. The number of hydrogen-bond donors (Lipinski definition) is 4. The summed E-state index contributed by atoms with van der Waals surface area (Å²) in [5.74, 6) is -0.339. The number of nitrogens with zero attached hydrogens (tertiary/aromatic N) is 4. The van der Waals surface area contributed by atoms with Crippen LogP contribution in [-0.4, -0.2) is 145 Å². The van der Waals surface area contributed by atoms with Crippen molar-refractivity contribution in [1.82, 2.24) is 35.6 Å². The molecule has 0 spiro atoms. The van der Waals surface area contributed by atoms with E-state index in [1.54, 1.807) is 41.3 Å². The summed E-state index contributed by atoms with van der Waals surface area (Å²) < 4.78 is 40.0. The van der Waals surface area contributed by atoms with Crippen LogP contribution in [-0.2, 0) is 39.6 Å². The molecular weight excluding hydrogens is 1460 g/mol. The first-order valence-electron chi connectivity index (χ1n) is 34.5. The van der Waals surface area contributed by atoms with Gasteiger partial charge in [-0.2, -0.15) is 0 Å². The Morgan fingerprint density at radius 3 is 0.858 bits per heavy atom. The van der Waals surface area contributed by atoms with Crippen molar-refractivity contribution in [2.24, 2.45) is 0 Å². The minimum Gasteiger partial charge on any atom is -0.484 e. The van der Waals surface area contributed by atoms with Crippen molar-refractivity contribution in [2.75, 3.05) is 76.2 Å². The van der Waals surface area contributed by atoms with E-state index >= 15 is 0 Å². The van der Waals surface area contributed by atoms with Gasteiger partial charge in [-0.05, 0) is 69.8 Å². The van der Waals surface area contributed by atoms with Crippen molar-refractivity contribution in [3.05, 3.63) is 285 Å². The Hall–Kier alpha value is -9.86. The Morgan fingerprint density at radius 2 is 0.613 bits per heavy atom. The number of thiocarbonyl (C=S) groups is 2. The Bertz CT molecular complexity index is 4380. The van der Waals surface area contributed by atoms with Crippen LogP contribution in [0, 0.1) is 0 Å². The highest BCUT2D eigenvalue weighted by atomic mass is 32.2. The van der Waals surface area contributed by atoms with Crippen molar-refractivity contribution < 1.29 is 57.2 Å². The van der Waals surface area contributed by atoms with Crippen molar-refractivity contribution in [1.29, 1.82) is 0 Å². The molecule has 0 aliphatic carbocycles. The number of benzene rings is 9. The number of nitrogens with one attached hydrogen (secondary N) is 3. The number of amides is 6. The third kappa shape index (κ3) is 19.8. The maximum absolute atomic E-state index is 15.0. The molecule has 0 saturated carbocycles. The van der Waals surface area contributed by atoms with Crippen LogP contribution in [0.4, 0.5) is 0 Å². The van der Waals surface area contributed by atoms with E-state index in [1.807, 2.05) is 187 Å². The Balaban J connectivity index is 0.845. The highest BCUT2D eigenvalue weighted by Gasteiger charge is 2.36. The molecule has 25 heteroatoms. The van der Waals surface area contributed by atoms with Gasteiger partial charge < -0.3 is 49.3 Å². The Kier molecular flexibility index (Phi) is 27.1. The largest absolute Gasteiger partial charge is 0.484 e. The zero-order valence-corrected chi connectivity index (χ0v) is 62.7. The van der Waals surface area contributed by atoms with E-state index in [0.717, 1.165) is 33.4 Å². The topological polar surface area (TPSA) is 207 Å². The van der Waals surface area contributed by atoms with Gasteiger partial charge in [0.15, 0.2) is 34.5 Å². The fraction of sp³-hybridized carbons (Fsp3) is 0.235. The van der Waals surface area contributed by atoms with E-state index in [9.17, 15) is 28.8 Å². The number of carbonyl (C=O) groups excluding carboxylic acids is 6. The average molecular weight is 1530 g/mol. The van der Waals surface area contributed by atoms with Gasteiger partial charge in [0.2, 0.25) is 0 Å². The summed E-state index contributed by atoms with van der Waals surface area (Å²) in [4.78, 5) is 95.1. The molecule has 6 amide bonds. The molecular formula is C81H77N7O12S6. The van der Waals surface area contributed by atoms with Crippen LogP contribution in [0.15, 0.2) is 218 Å². The molecule has 106 heavy (non-hydrogen) atoms. The lowest BCUT2D eigenvalue weighted by Gasteiger charge is -2.25. The second kappa shape index (κ2) is 37.9. The molecule has 1 atom stereocenters. The fourth-order valence-electron chi connectivity index (χ4n) is 11.8. The van der Waals surface area contributed by atoms with Crippen molar-refractivity contribution >= 4 is 116 Å².